The molecular weight excluding hydrogens is 308 g/mol. The van der Waals surface area contributed by atoms with E-state index in [0.717, 1.165) is 30.0 Å². The molecule has 116 valence electrons. The van der Waals surface area contributed by atoms with Crippen molar-refractivity contribution in [2.24, 2.45) is 0 Å². The Morgan fingerprint density at radius 2 is 2.19 bits per heavy atom. The van der Waals surface area contributed by atoms with E-state index in [4.69, 9.17) is 5.26 Å². The van der Waals surface area contributed by atoms with Crippen LogP contribution < -0.4 is 4.72 Å². The van der Waals surface area contributed by atoms with Crippen LogP contribution in [0.4, 0.5) is 0 Å². The lowest BCUT2D eigenvalue weighted by atomic mass is 10.0. The van der Waals surface area contributed by atoms with Gasteiger partial charge in [0.05, 0.1) is 17.8 Å². The minimum Gasteiger partial charge on any atom is -0.244 e. The Labute approximate surface area is 130 Å². The molecule has 1 aromatic rings. The van der Waals surface area contributed by atoms with Crippen molar-refractivity contribution in [3.05, 3.63) is 15.6 Å². The minimum atomic E-state index is -3.58. The van der Waals surface area contributed by atoms with E-state index in [0.29, 0.717) is 0 Å². The SMILES string of the molecule is C[C@H](NS(=O)(=O)N(C)CCC#N)c1nc2c(s1)CCCC2. The van der Waals surface area contributed by atoms with Crippen molar-refractivity contribution in [3.8, 4) is 6.07 Å². The standard InChI is InChI=1S/C13H20N4O2S2/c1-10(16-21(18,19)17(2)9-5-8-14)13-15-11-6-3-4-7-12(11)20-13/h10,16H,3-7,9H2,1-2H3/t10-/m0/s1. The highest BCUT2D eigenvalue weighted by molar-refractivity contribution is 7.87. The van der Waals surface area contributed by atoms with Crippen LogP contribution >= 0.6 is 11.3 Å². The summed E-state index contributed by atoms with van der Waals surface area (Å²) in [6, 6.07) is 1.59. The topological polar surface area (TPSA) is 86.1 Å². The Hall–Kier alpha value is -1.01. The predicted octanol–water partition coefficient (Wildman–Crippen LogP) is 1.76. The van der Waals surface area contributed by atoms with Crippen LogP contribution in [0.1, 0.15) is 47.8 Å². The number of aromatic nitrogens is 1. The smallest absolute Gasteiger partial charge is 0.244 e. The third-order valence-electron chi connectivity index (χ3n) is 3.51. The lowest BCUT2D eigenvalue weighted by Gasteiger charge is -2.19. The van der Waals surface area contributed by atoms with E-state index in [9.17, 15) is 8.42 Å². The van der Waals surface area contributed by atoms with Gasteiger partial charge in [0.15, 0.2) is 0 Å². The van der Waals surface area contributed by atoms with E-state index >= 15 is 0 Å². The van der Waals surface area contributed by atoms with Gasteiger partial charge in [-0.15, -0.1) is 11.3 Å². The molecule has 0 aromatic carbocycles. The van der Waals surface area contributed by atoms with Gasteiger partial charge in [-0.3, -0.25) is 0 Å². The Morgan fingerprint density at radius 1 is 1.48 bits per heavy atom. The Balaban J connectivity index is 2.05. The zero-order valence-corrected chi connectivity index (χ0v) is 13.9. The molecule has 0 amide bonds. The molecule has 0 saturated carbocycles. The van der Waals surface area contributed by atoms with Gasteiger partial charge in [0.1, 0.15) is 5.01 Å². The van der Waals surface area contributed by atoms with E-state index in [-0.39, 0.29) is 19.0 Å². The van der Waals surface area contributed by atoms with Gasteiger partial charge in [0.2, 0.25) is 0 Å². The molecular formula is C13H20N4O2S2. The summed E-state index contributed by atoms with van der Waals surface area (Å²) >= 11 is 1.60. The summed E-state index contributed by atoms with van der Waals surface area (Å²) in [5.74, 6) is 0. The van der Waals surface area contributed by atoms with Gasteiger partial charge in [-0.05, 0) is 32.6 Å². The Kier molecular flexibility index (Phi) is 5.32. The zero-order chi connectivity index (χ0) is 15.5. The molecule has 1 aromatic heterocycles. The van der Waals surface area contributed by atoms with Crippen molar-refractivity contribution >= 4 is 21.5 Å². The average Bonchev–Trinajstić information content (AvgIpc) is 2.88. The molecule has 1 N–H and O–H groups in total. The third kappa shape index (κ3) is 4.01. The van der Waals surface area contributed by atoms with Crippen molar-refractivity contribution in [2.75, 3.05) is 13.6 Å². The summed E-state index contributed by atoms with van der Waals surface area (Å²) in [4.78, 5) is 5.87. The summed E-state index contributed by atoms with van der Waals surface area (Å²) in [7, 11) is -2.11. The summed E-state index contributed by atoms with van der Waals surface area (Å²) in [5, 5.41) is 9.35. The number of nitriles is 1. The summed E-state index contributed by atoms with van der Waals surface area (Å²) in [6.07, 6.45) is 4.57. The maximum Gasteiger partial charge on any atom is 0.279 e. The second kappa shape index (κ2) is 6.83. The fourth-order valence-corrected chi connectivity index (χ4v) is 4.55. The molecule has 1 aliphatic rings. The fourth-order valence-electron chi connectivity index (χ4n) is 2.25. The van der Waals surface area contributed by atoms with Crippen LogP contribution in [0.25, 0.3) is 0 Å². The third-order valence-corrected chi connectivity index (χ3v) is 6.50. The average molecular weight is 328 g/mol. The van der Waals surface area contributed by atoms with E-state index in [2.05, 4.69) is 9.71 Å². The number of hydrogen-bond donors (Lipinski definition) is 1. The van der Waals surface area contributed by atoms with Crippen LogP contribution in [-0.4, -0.2) is 31.3 Å². The largest absolute Gasteiger partial charge is 0.279 e. The molecule has 0 unspecified atom stereocenters. The highest BCUT2D eigenvalue weighted by atomic mass is 32.2. The second-order valence-corrected chi connectivity index (χ2v) is 8.13. The molecule has 0 saturated heterocycles. The van der Waals surface area contributed by atoms with Gasteiger partial charge in [0, 0.05) is 24.9 Å². The van der Waals surface area contributed by atoms with E-state index in [1.807, 2.05) is 6.07 Å². The second-order valence-electron chi connectivity index (χ2n) is 5.20. The van der Waals surface area contributed by atoms with Gasteiger partial charge in [0.25, 0.3) is 10.2 Å². The number of aryl methyl sites for hydroxylation is 2. The zero-order valence-electron chi connectivity index (χ0n) is 12.3. The van der Waals surface area contributed by atoms with Crippen molar-refractivity contribution in [1.29, 1.82) is 5.26 Å². The quantitative estimate of drug-likeness (QED) is 0.862. The molecule has 21 heavy (non-hydrogen) atoms. The van der Waals surface area contributed by atoms with E-state index in [1.165, 1.54) is 22.7 Å². The first-order valence-corrected chi connectivity index (χ1v) is 9.28. The first-order valence-electron chi connectivity index (χ1n) is 7.03. The normalized spacial score (nSPS) is 16.5. The van der Waals surface area contributed by atoms with Gasteiger partial charge >= 0.3 is 0 Å². The molecule has 0 bridgehead atoms. The Bertz CT molecular complexity index is 610. The number of nitrogens with zero attached hydrogens (tertiary/aromatic N) is 3. The molecule has 6 nitrogen and oxygen atoms in total. The molecule has 1 atom stereocenters. The lowest BCUT2D eigenvalue weighted by molar-refractivity contribution is 0.456. The number of hydrogen-bond acceptors (Lipinski definition) is 5. The summed E-state index contributed by atoms with van der Waals surface area (Å²) < 4.78 is 28.1. The van der Waals surface area contributed by atoms with Crippen molar-refractivity contribution < 1.29 is 8.42 Å². The summed E-state index contributed by atoms with van der Waals surface area (Å²) in [5.41, 5.74) is 1.13. The minimum absolute atomic E-state index is 0.178. The van der Waals surface area contributed by atoms with Crippen LogP contribution in [0.15, 0.2) is 0 Å². The molecule has 1 aliphatic carbocycles. The molecule has 0 fully saturated rings. The van der Waals surface area contributed by atoms with Crippen molar-refractivity contribution in [3.63, 3.8) is 0 Å². The van der Waals surface area contributed by atoms with Gasteiger partial charge < -0.3 is 0 Å². The van der Waals surface area contributed by atoms with Crippen LogP contribution in [-0.2, 0) is 23.1 Å². The first kappa shape index (κ1) is 16.4. The number of nitrogens with one attached hydrogen (secondary N) is 1. The van der Waals surface area contributed by atoms with E-state index in [1.54, 1.807) is 18.3 Å². The number of fused-ring (bicyclic) bond motifs is 1. The predicted molar refractivity (Wildman–Crippen MR) is 82.1 cm³/mol. The lowest BCUT2D eigenvalue weighted by Crippen LogP contribution is -2.39. The molecule has 2 rings (SSSR count). The number of thiazole rings is 1. The maximum absolute atomic E-state index is 12.1. The van der Waals surface area contributed by atoms with Crippen molar-refractivity contribution in [1.82, 2.24) is 14.0 Å². The van der Waals surface area contributed by atoms with Gasteiger partial charge in [-0.2, -0.15) is 22.7 Å². The van der Waals surface area contributed by atoms with Crippen LogP contribution in [0, 0.1) is 11.3 Å². The number of rotatable bonds is 6. The van der Waals surface area contributed by atoms with Crippen molar-refractivity contribution in [2.45, 2.75) is 45.1 Å². The molecule has 0 spiro atoms. The highest BCUT2D eigenvalue weighted by Crippen LogP contribution is 2.30. The monoisotopic (exact) mass is 328 g/mol. The van der Waals surface area contributed by atoms with E-state index < -0.39 is 10.2 Å². The van der Waals surface area contributed by atoms with Gasteiger partial charge in [-0.1, -0.05) is 0 Å². The molecule has 8 heteroatoms. The molecule has 1 heterocycles. The fraction of sp³-hybridized carbons (Fsp3) is 0.692. The van der Waals surface area contributed by atoms with Crippen LogP contribution in [0.5, 0.6) is 0 Å². The first-order chi connectivity index (χ1) is 9.94. The molecule has 0 aliphatic heterocycles. The summed E-state index contributed by atoms with van der Waals surface area (Å²) in [6.45, 7) is 1.99. The highest BCUT2D eigenvalue weighted by Gasteiger charge is 2.24. The van der Waals surface area contributed by atoms with Gasteiger partial charge in [-0.25, -0.2) is 4.98 Å². The maximum atomic E-state index is 12.1. The van der Waals surface area contributed by atoms with Crippen LogP contribution in [0.2, 0.25) is 0 Å². The van der Waals surface area contributed by atoms with Crippen LogP contribution in [0.3, 0.4) is 0 Å². The Morgan fingerprint density at radius 3 is 2.86 bits per heavy atom. The molecule has 0 radical (unpaired) electrons.